The number of hydrogen-bond donors (Lipinski definition) is 1. The van der Waals surface area contributed by atoms with Crippen molar-refractivity contribution in [1.82, 2.24) is 4.72 Å². The van der Waals surface area contributed by atoms with Crippen molar-refractivity contribution in [2.75, 3.05) is 13.7 Å². The fourth-order valence-electron chi connectivity index (χ4n) is 2.50. The van der Waals surface area contributed by atoms with Crippen LogP contribution in [0.15, 0.2) is 41.3 Å². The minimum atomic E-state index is -3.63. The first-order valence-corrected chi connectivity index (χ1v) is 9.59. The van der Waals surface area contributed by atoms with Gasteiger partial charge in [0.2, 0.25) is 10.0 Å². The van der Waals surface area contributed by atoms with Crippen LogP contribution in [0.3, 0.4) is 0 Å². The van der Waals surface area contributed by atoms with Gasteiger partial charge in [-0.15, -0.1) is 0 Å². The van der Waals surface area contributed by atoms with E-state index >= 15 is 0 Å². The molecule has 1 unspecified atom stereocenters. The Morgan fingerprint density at radius 1 is 1.00 bits per heavy atom. The van der Waals surface area contributed by atoms with E-state index in [9.17, 15) is 8.42 Å². The SMILES string of the molecule is COc1ccc(S(=O)(=O)NC(C)COc2ccc(C)cc2)c(C)c1C. The Bertz CT molecular complexity index is 829. The summed E-state index contributed by atoms with van der Waals surface area (Å²) >= 11 is 0. The van der Waals surface area contributed by atoms with E-state index < -0.39 is 10.0 Å². The predicted octanol–water partition coefficient (Wildman–Crippen LogP) is 3.37. The second-order valence-corrected chi connectivity index (χ2v) is 7.84. The lowest BCUT2D eigenvalue weighted by Crippen LogP contribution is -2.37. The summed E-state index contributed by atoms with van der Waals surface area (Å²) in [6.45, 7) is 7.64. The van der Waals surface area contributed by atoms with Gasteiger partial charge in [0.1, 0.15) is 18.1 Å². The maximum absolute atomic E-state index is 12.7. The van der Waals surface area contributed by atoms with Crippen molar-refractivity contribution < 1.29 is 17.9 Å². The molecule has 25 heavy (non-hydrogen) atoms. The first-order valence-electron chi connectivity index (χ1n) is 8.10. The number of aryl methyl sites for hydroxylation is 1. The van der Waals surface area contributed by atoms with Gasteiger partial charge in [-0.2, -0.15) is 0 Å². The van der Waals surface area contributed by atoms with Crippen molar-refractivity contribution in [1.29, 1.82) is 0 Å². The van der Waals surface area contributed by atoms with Gasteiger partial charge in [0, 0.05) is 0 Å². The van der Waals surface area contributed by atoms with Crippen molar-refractivity contribution in [3.05, 3.63) is 53.1 Å². The molecule has 5 nitrogen and oxygen atoms in total. The van der Waals surface area contributed by atoms with Gasteiger partial charge in [0.25, 0.3) is 0 Å². The molecule has 2 aromatic rings. The summed E-state index contributed by atoms with van der Waals surface area (Å²) in [5.41, 5.74) is 2.64. The van der Waals surface area contributed by atoms with E-state index in [2.05, 4.69) is 4.72 Å². The van der Waals surface area contributed by atoms with Crippen LogP contribution in [0.5, 0.6) is 11.5 Å². The van der Waals surface area contributed by atoms with Crippen molar-refractivity contribution in [3.8, 4) is 11.5 Å². The highest BCUT2D eigenvalue weighted by molar-refractivity contribution is 7.89. The smallest absolute Gasteiger partial charge is 0.241 e. The summed E-state index contributed by atoms with van der Waals surface area (Å²) in [6, 6.07) is 10.5. The Balaban J connectivity index is 2.07. The van der Waals surface area contributed by atoms with E-state index in [0.717, 1.165) is 11.1 Å². The van der Waals surface area contributed by atoms with Crippen molar-refractivity contribution in [2.45, 2.75) is 38.6 Å². The number of sulfonamides is 1. The largest absolute Gasteiger partial charge is 0.496 e. The normalized spacial score (nSPS) is 12.7. The molecule has 0 aliphatic heterocycles. The van der Waals surface area contributed by atoms with Crippen molar-refractivity contribution in [3.63, 3.8) is 0 Å². The van der Waals surface area contributed by atoms with E-state index in [-0.39, 0.29) is 17.5 Å². The first-order chi connectivity index (χ1) is 11.7. The van der Waals surface area contributed by atoms with Crippen LogP contribution in [0, 0.1) is 20.8 Å². The van der Waals surface area contributed by atoms with Gasteiger partial charge in [-0.3, -0.25) is 0 Å². The highest BCUT2D eigenvalue weighted by Gasteiger charge is 2.21. The van der Waals surface area contributed by atoms with E-state index in [1.54, 1.807) is 33.1 Å². The molecule has 0 fully saturated rings. The lowest BCUT2D eigenvalue weighted by molar-refractivity contribution is 0.287. The Hall–Kier alpha value is -2.05. The summed E-state index contributed by atoms with van der Waals surface area (Å²) in [6.07, 6.45) is 0. The topological polar surface area (TPSA) is 64.6 Å². The summed E-state index contributed by atoms with van der Waals surface area (Å²) in [7, 11) is -2.07. The van der Waals surface area contributed by atoms with Crippen molar-refractivity contribution >= 4 is 10.0 Å². The zero-order chi connectivity index (χ0) is 18.6. The molecule has 1 N–H and O–H groups in total. The maximum Gasteiger partial charge on any atom is 0.241 e. The number of nitrogens with one attached hydrogen (secondary N) is 1. The zero-order valence-corrected chi connectivity index (χ0v) is 16.1. The molecule has 0 aliphatic rings. The molecule has 0 saturated carbocycles. The van der Waals surface area contributed by atoms with E-state index in [0.29, 0.717) is 17.1 Å². The van der Waals surface area contributed by atoms with Crippen LogP contribution < -0.4 is 14.2 Å². The standard InChI is InChI=1S/C19H25NO4S/c1-13-6-8-17(9-7-13)24-12-14(2)20-25(21,22)19-11-10-18(23-5)15(3)16(19)4/h6-11,14,20H,12H2,1-5H3. The molecule has 1 atom stereocenters. The Kier molecular flexibility index (Phi) is 6.08. The molecule has 0 saturated heterocycles. The number of methoxy groups -OCH3 is 1. The molecule has 0 radical (unpaired) electrons. The van der Waals surface area contributed by atoms with Gasteiger partial charge in [0.15, 0.2) is 0 Å². The second-order valence-electron chi connectivity index (χ2n) is 6.16. The molecule has 6 heteroatoms. The van der Waals surface area contributed by atoms with Crippen LogP contribution in [-0.2, 0) is 10.0 Å². The van der Waals surface area contributed by atoms with Gasteiger partial charge in [-0.05, 0) is 63.1 Å². The lowest BCUT2D eigenvalue weighted by atomic mass is 10.1. The quantitative estimate of drug-likeness (QED) is 0.819. The molecule has 0 bridgehead atoms. The van der Waals surface area contributed by atoms with Crippen LogP contribution >= 0.6 is 0 Å². The lowest BCUT2D eigenvalue weighted by Gasteiger charge is -2.18. The van der Waals surface area contributed by atoms with Gasteiger partial charge in [0.05, 0.1) is 18.0 Å². The zero-order valence-electron chi connectivity index (χ0n) is 15.3. The number of ether oxygens (including phenoxy) is 2. The third-order valence-corrected chi connectivity index (χ3v) is 5.81. The highest BCUT2D eigenvalue weighted by atomic mass is 32.2. The minimum Gasteiger partial charge on any atom is -0.496 e. The van der Waals surface area contributed by atoms with Crippen LogP contribution in [0.4, 0.5) is 0 Å². The number of benzene rings is 2. The van der Waals surface area contributed by atoms with E-state index in [1.807, 2.05) is 38.1 Å². The Morgan fingerprint density at radius 3 is 2.24 bits per heavy atom. The van der Waals surface area contributed by atoms with Crippen LogP contribution in [-0.4, -0.2) is 28.2 Å². The van der Waals surface area contributed by atoms with E-state index in [4.69, 9.17) is 9.47 Å². The third kappa shape index (κ3) is 4.74. The first kappa shape index (κ1) is 19.3. The number of hydrogen-bond acceptors (Lipinski definition) is 4. The molecule has 0 heterocycles. The molecular formula is C19H25NO4S. The van der Waals surface area contributed by atoms with Gasteiger partial charge in [-0.25, -0.2) is 13.1 Å². The second kappa shape index (κ2) is 7.89. The average Bonchev–Trinajstić information content (AvgIpc) is 2.56. The van der Waals surface area contributed by atoms with E-state index in [1.165, 1.54) is 0 Å². The summed E-state index contributed by atoms with van der Waals surface area (Å²) in [5, 5.41) is 0. The summed E-state index contributed by atoms with van der Waals surface area (Å²) in [4.78, 5) is 0.257. The van der Waals surface area contributed by atoms with Crippen molar-refractivity contribution in [2.24, 2.45) is 0 Å². The number of rotatable bonds is 7. The maximum atomic E-state index is 12.7. The molecular weight excluding hydrogens is 338 g/mol. The summed E-state index contributed by atoms with van der Waals surface area (Å²) < 4.78 is 38.9. The molecule has 0 aliphatic carbocycles. The molecule has 0 spiro atoms. The fourth-order valence-corrected chi connectivity index (χ4v) is 4.03. The highest BCUT2D eigenvalue weighted by Crippen LogP contribution is 2.26. The molecule has 0 amide bonds. The van der Waals surface area contributed by atoms with Crippen LogP contribution in [0.2, 0.25) is 0 Å². The van der Waals surface area contributed by atoms with Gasteiger partial charge in [-0.1, -0.05) is 17.7 Å². The average molecular weight is 363 g/mol. The van der Waals surface area contributed by atoms with Gasteiger partial charge >= 0.3 is 0 Å². The molecule has 0 aromatic heterocycles. The molecule has 2 aromatic carbocycles. The minimum absolute atomic E-state index is 0.247. The fraction of sp³-hybridized carbons (Fsp3) is 0.368. The Labute approximate surface area is 150 Å². The molecule has 136 valence electrons. The van der Waals surface area contributed by atoms with Crippen LogP contribution in [0.1, 0.15) is 23.6 Å². The molecule has 2 rings (SSSR count). The Morgan fingerprint density at radius 2 is 1.64 bits per heavy atom. The third-order valence-electron chi connectivity index (χ3n) is 4.07. The summed E-state index contributed by atoms with van der Waals surface area (Å²) in [5.74, 6) is 1.39. The van der Waals surface area contributed by atoms with Gasteiger partial charge < -0.3 is 9.47 Å². The van der Waals surface area contributed by atoms with Crippen LogP contribution in [0.25, 0.3) is 0 Å². The predicted molar refractivity (Wildman–Crippen MR) is 98.9 cm³/mol. The monoisotopic (exact) mass is 363 g/mol.